The van der Waals surface area contributed by atoms with E-state index >= 15 is 0 Å². The van der Waals surface area contributed by atoms with E-state index in [1.54, 1.807) is 12.4 Å². The summed E-state index contributed by atoms with van der Waals surface area (Å²) in [6, 6.07) is 1.87. The van der Waals surface area contributed by atoms with E-state index < -0.39 is 0 Å². The molecule has 1 aromatic rings. The van der Waals surface area contributed by atoms with Crippen molar-refractivity contribution in [3.8, 4) is 5.75 Å². The van der Waals surface area contributed by atoms with E-state index in [9.17, 15) is 0 Å². The Labute approximate surface area is 89.4 Å². The van der Waals surface area contributed by atoms with Crippen molar-refractivity contribution in [1.29, 1.82) is 0 Å². The second-order valence-corrected chi connectivity index (χ2v) is 4.02. The van der Waals surface area contributed by atoms with E-state index in [2.05, 4.69) is 11.9 Å². The summed E-state index contributed by atoms with van der Waals surface area (Å²) in [4.78, 5) is 4.02. The van der Waals surface area contributed by atoms with Crippen molar-refractivity contribution in [2.24, 2.45) is 5.73 Å². The van der Waals surface area contributed by atoms with Gasteiger partial charge in [-0.1, -0.05) is 0 Å². The first-order valence-electron chi connectivity index (χ1n) is 5.13. The third-order valence-corrected chi connectivity index (χ3v) is 2.70. The normalized spacial score (nSPS) is 24.7. The summed E-state index contributed by atoms with van der Waals surface area (Å²) in [7, 11) is 0. The van der Waals surface area contributed by atoms with Gasteiger partial charge in [-0.25, -0.2) is 0 Å². The lowest BCUT2D eigenvalue weighted by Gasteiger charge is -2.38. The van der Waals surface area contributed by atoms with Gasteiger partial charge in [-0.05, 0) is 13.0 Å². The van der Waals surface area contributed by atoms with Crippen LogP contribution >= 0.6 is 0 Å². The predicted octanol–water partition coefficient (Wildman–Crippen LogP) is 1.10. The van der Waals surface area contributed by atoms with Crippen molar-refractivity contribution in [2.75, 3.05) is 13.2 Å². The summed E-state index contributed by atoms with van der Waals surface area (Å²) >= 11 is 0. The van der Waals surface area contributed by atoms with Crippen LogP contribution in [0, 0.1) is 0 Å². The second kappa shape index (κ2) is 4.16. The second-order valence-electron chi connectivity index (χ2n) is 4.02. The molecule has 0 aromatic carbocycles. The molecule has 0 saturated carbocycles. The van der Waals surface area contributed by atoms with E-state index in [-0.39, 0.29) is 5.60 Å². The standard InChI is InChI=1S/C11H16N2O2/c1-11(3-5-15-11)8-14-10-7-13-4-2-9(10)6-12/h2,4,7H,3,5-6,8,12H2,1H3. The fraction of sp³-hybridized carbons (Fsp3) is 0.545. The van der Waals surface area contributed by atoms with E-state index in [1.807, 2.05) is 6.07 Å². The molecule has 0 bridgehead atoms. The maximum absolute atomic E-state index is 5.67. The zero-order chi connectivity index (χ0) is 10.7. The Morgan fingerprint density at radius 1 is 1.67 bits per heavy atom. The first-order chi connectivity index (χ1) is 7.23. The molecule has 1 aliphatic rings. The fourth-order valence-electron chi connectivity index (χ4n) is 1.50. The maximum atomic E-state index is 5.67. The number of ether oxygens (including phenoxy) is 2. The molecule has 1 atom stereocenters. The van der Waals surface area contributed by atoms with Crippen LogP contribution in [-0.4, -0.2) is 23.8 Å². The van der Waals surface area contributed by atoms with Crippen LogP contribution in [0.5, 0.6) is 5.75 Å². The lowest BCUT2D eigenvalue weighted by molar-refractivity contribution is -0.152. The van der Waals surface area contributed by atoms with E-state index in [0.29, 0.717) is 13.2 Å². The molecule has 0 spiro atoms. The highest BCUT2D eigenvalue weighted by molar-refractivity contribution is 5.29. The smallest absolute Gasteiger partial charge is 0.142 e. The number of aromatic nitrogens is 1. The largest absolute Gasteiger partial charge is 0.489 e. The molecule has 1 aromatic heterocycles. The molecular weight excluding hydrogens is 192 g/mol. The van der Waals surface area contributed by atoms with E-state index in [1.165, 1.54) is 0 Å². The van der Waals surface area contributed by atoms with Crippen LogP contribution in [0.25, 0.3) is 0 Å². The van der Waals surface area contributed by atoms with Gasteiger partial charge in [0.05, 0.1) is 12.8 Å². The van der Waals surface area contributed by atoms with Crippen molar-refractivity contribution in [3.63, 3.8) is 0 Å². The van der Waals surface area contributed by atoms with Crippen LogP contribution in [0.4, 0.5) is 0 Å². The van der Waals surface area contributed by atoms with Crippen molar-refractivity contribution in [1.82, 2.24) is 4.98 Å². The van der Waals surface area contributed by atoms with E-state index in [4.69, 9.17) is 15.2 Å². The molecule has 1 aliphatic heterocycles. The summed E-state index contributed by atoms with van der Waals surface area (Å²) in [6.45, 7) is 3.91. The highest BCUT2D eigenvalue weighted by atomic mass is 16.6. The van der Waals surface area contributed by atoms with Gasteiger partial charge in [-0.3, -0.25) is 4.98 Å². The maximum Gasteiger partial charge on any atom is 0.142 e. The Balaban J connectivity index is 1.98. The van der Waals surface area contributed by atoms with Gasteiger partial charge in [0.15, 0.2) is 0 Å². The molecule has 0 aliphatic carbocycles. The molecule has 1 unspecified atom stereocenters. The third-order valence-electron chi connectivity index (χ3n) is 2.70. The van der Waals surface area contributed by atoms with Crippen LogP contribution in [-0.2, 0) is 11.3 Å². The van der Waals surface area contributed by atoms with Gasteiger partial charge in [0.25, 0.3) is 0 Å². The first kappa shape index (κ1) is 10.4. The van der Waals surface area contributed by atoms with Gasteiger partial charge in [-0.15, -0.1) is 0 Å². The van der Waals surface area contributed by atoms with Crippen molar-refractivity contribution >= 4 is 0 Å². The van der Waals surface area contributed by atoms with E-state index in [0.717, 1.165) is 24.3 Å². The Bertz CT molecular complexity index is 337. The first-order valence-corrected chi connectivity index (χ1v) is 5.13. The topological polar surface area (TPSA) is 57.4 Å². The Morgan fingerprint density at radius 3 is 3.07 bits per heavy atom. The summed E-state index contributed by atoms with van der Waals surface area (Å²) in [5.41, 5.74) is 6.45. The van der Waals surface area contributed by atoms with Gasteiger partial charge in [0, 0.05) is 24.7 Å². The molecule has 4 heteroatoms. The third kappa shape index (κ3) is 2.27. The lowest BCUT2D eigenvalue weighted by Crippen LogP contribution is -2.45. The Kier molecular flexibility index (Phi) is 2.88. The molecule has 1 fully saturated rings. The molecule has 1 saturated heterocycles. The minimum Gasteiger partial charge on any atom is -0.489 e. The number of pyridine rings is 1. The quantitative estimate of drug-likeness (QED) is 0.805. The summed E-state index contributed by atoms with van der Waals surface area (Å²) in [5.74, 6) is 0.761. The molecule has 2 heterocycles. The van der Waals surface area contributed by atoms with Crippen LogP contribution in [0.3, 0.4) is 0 Å². The zero-order valence-electron chi connectivity index (χ0n) is 8.90. The molecule has 15 heavy (non-hydrogen) atoms. The molecule has 2 N–H and O–H groups in total. The fourth-order valence-corrected chi connectivity index (χ4v) is 1.50. The van der Waals surface area contributed by atoms with Gasteiger partial charge in [0.1, 0.15) is 18.0 Å². The summed E-state index contributed by atoms with van der Waals surface area (Å²) in [6.07, 6.45) is 4.46. The van der Waals surface area contributed by atoms with Crippen LogP contribution < -0.4 is 10.5 Å². The highest BCUT2D eigenvalue weighted by Crippen LogP contribution is 2.27. The highest BCUT2D eigenvalue weighted by Gasteiger charge is 2.34. The number of rotatable bonds is 4. The van der Waals surface area contributed by atoms with Crippen molar-refractivity contribution in [3.05, 3.63) is 24.0 Å². The average molecular weight is 208 g/mol. The molecular formula is C11H16N2O2. The van der Waals surface area contributed by atoms with Crippen LogP contribution in [0.15, 0.2) is 18.5 Å². The van der Waals surface area contributed by atoms with Crippen LogP contribution in [0.2, 0.25) is 0 Å². The predicted molar refractivity (Wildman–Crippen MR) is 56.6 cm³/mol. The minimum atomic E-state index is -0.123. The molecule has 0 amide bonds. The average Bonchev–Trinajstić information content (AvgIpc) is 2.24. The monoisotopic (exact) mass is 208 g/mol. The number of hydrogen-bond acceptors (Lipinski definition) is 4. The van der Waals surface area contributed by atoms with Gasteiger partial charge in [-0.2, -0.15) is 0 Å². The van der Waals surface area contributed by atoms with Crippen LogP contribution in [0.1, 0.15) is 18.9 Å². The number of hydrogen-bond donors (Lipinski definition) is 1. The number of nitrogens with two attached hydrogens (primary N) is 1. The van der Waals surface area contributed by atoms with Crippen molar-refractivity contribution in [2.45, 2.75) is 25.5 Å². The minimum absolute atomic E-state index is 0.123. The summed E-state index contributed by atoms with van der Waals surface area (Å²) in [5, 5.41) is 0. The molecule has 2 rings (SSSR count). The molecule has 0 radical (unpaired) electrons. The van der Waals surface area contributed by atoms with Gasteiger partial charge < -0.3 is 15.2 Å². The lowest BCUT2D eigenvalue weighted by atomic mass is 9.99. The van der Waals surface area contributed by atoms with Gasteiger partial charge in [0.2, 0.25) is 0 Å². The van der Waals surface area contributed by atoms with Crippen molar-refractivity contribution < 1.29 is 9.47 Å². The SMILES string of the molecule is CC1(COc2cnccc2CN)CCO1. The summed E-state index contributed by atoms with van der Waals surface area (Å²) < 4.78 is 11.1. The number of nitrogens with zero attached hydrogens (tertiary/aromatic N) is 1. The molecule has 4 nitrogen and oxygen atoms in total. The van der Waals surface area contributed by atoms with Gasteiger partial charge >= 0.3 is 0 Å². The zero-order valence-corrected chi connectivity index (χ0v) is 8.90. The molecule has 82 valence electrons. The Hall–Kier alpha value is -1.13. The Morgan fingerprint density at radius 2 is 2.47 bits per heavy atom.